The molecule has 3 aromatic rings. The Bertz CT molecular complexity index is 1050. The predicted molar refractivity (Wildman–Crippen MR) is 120 cm³/mol. The second-order valence-corrected chi connectivity index (χ2v) is 7.21. The average Bonchev–Trinajstić information content (AvgIpc) is 2.74. The van der Waals surface area contributed by atoms with Gasteiger partial charge in [0.1, 0.15) is 17.5 Å². The lowest BCUT2D eigenvalue weighted by molar-refractivity contribution is -0.121. The first-order chi connectivity index (χ1) is 14.0. The van der Waals surface area contributed by atoms with E-state index in [1.807, 2.05) is 48.5 Å². The van der Waals surface area contributed by atoms with Gasteiger partial charge in [-0.3, -0.25) is 4.79 Å². The van der Waals surface area contributed by atoms with E-state index in [0.29, 0.717) is 17.1 Å². The van der Waals surface area contributed by atoms with E-state index < -0.39 is 6.04 Å². The van der Waals surface area contributed by atoms with Crippen molar-refractivity contribution in [3.8, 4) is 11.5 Å². The molecule has 0 aromatic heterocycles. The van der Waals surface area contributed by atoms with Crippen LogP contribution in [0.25, 0.3) is 10.8 Å². The Kier molecular flexibility index (Phi) is 6.72. The third kappa shape index (κ3) is 4.86. The zero-order chi connectivity index (χ0) is 20.8. The van der Waals surface area contributed by atoms with Gasteiger partial charge in [0.05, 0.1) is 24.9 Å². The Morgan fingerprint density at radius 2 is 1.79 bits per heavy atom. The lowest BCUT2D eigenvalue weighted by Crippen LogP contribution is -2.34. The van der Waals surface area contributed by atoms with Crippen molar-refractivity contribution in [1.29, 1.82) is 0 Å². The van der Waals surface area contributed by atoms with Gasteiger partial charge in [0, 0.05) is 22.7 Å². The quantitative estimate of drug-likeness (QED) is 0.404. The largest absolute Gasteiger partial charge is 0.496 e. The predicted octanol–water partition coefficient (Wildman–Crippen LogP) is 4.57. The van der Waals surface area contributed by atoms with Crippen molar-refractivity contribution < 1.29 is 14.3 Å². The van der Waals surface area contributed by atoms with Gasteiger partial charge >= 0.3 is 0 Å². The fourth-order valence-electron chi connectivity index (χ4n) is 2.90. The summed E-state index contributed by atoms with van der Waals surface area (Å²) in [6, 6.07) is 17.1. The maximum Gasteiger partial charge on any atom is 0.262 e. The number of hydrogen-bond acceptors (Lipinski definition) is 5. The second kappa shape index (κ2) is 9.43. The summed E-state index contributed by atoms with van der Waals surface area (Å²) in [7, 11) is 3.15. The van der Waals surface area contributed by atoms with Gasteiger partial charge in [-0.05, 0) is 40.4 Å². The fourth-order valence-corrected chi connectivity index (χ4v) is 3.42. The number of anilines is 1. The third-order valence-corrected chi connectivity index (χ3v) is 5.06. The van der Waals surface area contributed by atoms with Crippen LogP contribution < -0.4 is 20.2 Å². The smallest absolute Gasteiger partial charge is 0.262 e. The second-order valence-electron chi connectivity index (χ2n) is 6.36. The van der Waals surface area contributed by atoms with Crippen molar-refractivity contribution in [1.82, 2.24) is 5.43 Å². The van der Waals surface area contributed by atoms with Crippen molar-refractivity contribution in [3.63, 3.8) is 0 Å². The normalized spacial score (nSPS) is 12.0. The molecule has 0 fully saturated rings. The molecule has 0 aliphatic carbocycles. The van der Waals surface area contributed by atoms with Crippen LogP contribution in [0.1, 0.15) is 12.5 Å². The molecule has 0 bridgehead atoms. The standard InChI is InChI=1S/C22H22BrN3O3/c1-14(25-19-10-6-8-15-7-4-5-9-17(15)19)22(27)26-24-13-16-11-18(23)21(29-3)12-20(16)28-2/h4-14,25H,1-3H3,(H,26,27). The van der Waals surface area contributed by atoms with Crippen LogP contribution in [0.4, 0.5) is 5.69 Å². The molecule has 0 saturated heterocycles. The number of hydrazone groups is 1. The molecule has 3 aromatic carbocycles. The maximum absolute atomic E-state index is 12.4. The summed E-state index contributed by atoms with van der Waals surface area (Å²) in [5.41, 5.74) is 4.17. The number of methoxy groups -OCH3 is 2. The summed E-state index contributed by atoms with van der Waals surface area (Å²) in [6.45, 7) is 1.79. The Hall–Kier alpha value is -3.06. The molecule has 1 atom stereocenters. The minimum absolute atomic E-state index is 0.249. The monoisotopic (exact) mass is 455 g/mol. The molecule has 0 aliphatic heterocycles. The zero-order valence-corrected chi connectivity index (χ0v) is 18.0. The number of ether oxygens (including phenoxy) is 2. The topological polar surface area (TPSA) is 72.0 Å². The number of rotatable bonds is 7. The highest BCUT2D eigenvalue weighted by atomic mass is 79.9. The molecule has 0 saturated carbocycles. The van der Waals surface area contributed by atoms with E-state index in [9.17, 15) is 4.79 Å². The van der Waals surface area contributed by atoms with E-state index in [1.54, 1.807) is 27.2 Å². The van der Waals surface area contributed by atoms with Gasteiger partial charge in [0.15, 0.2) is 0 Å². The Labute approximate surface area is 178 Å². The molecule has 6 nitrogen and oxygen atoms in total. The minimum atomic E-state index is -0.470. The highest BCUT2D eigenvalue weighted by Crippen LogP contribution is 2.32. The van der Waals surface area contributed by atoms with Crippen molar-refractivity contribution in [2.45, 2.75) is 13.0 Å². The van der Waals surface area contributed by atoms with E-state index in [1.165, 1.54) is 6.21 Å². The Balaban J connectivity index is 1.68. The summed E-state index contributed by atoms with van der Waals surface area (Å²) < 4.78 is 11.4. The molecular weight excluding hydrogens is 434 g/mol. The molecule has 0 radical (unpaired) electrons. The molecule has 1 amide bonds. The number of fused-ring (bicyclic) bond motifs is 1. The molecule has 3 rings (SSSR count). The van der Waals surface area contributed by atoms with Gasteiger partial charge in [-0.25, -0.2) is 5.43 Å². The summed E-state index contributed by atoms with van der Waals surface area (Å²) in [6.07, 6.45) is 1.53. The van der Waals surface area contributed by atoms with Gasteiger partial charge < -0.3 is 14.8 Å². The first kappa shape index (κ1) is 20.7. The van der Waals surface area contributed by atoms with Crippen LogP contribution >= 0.6 is 15.9 Å². The molecule has 150 valence electrons. The molecular formula is C22H22BrN3O3. The average molecular weight is 456 g/mol. The molecule has 0 spiro atoms. The van der Waals surface area contributed by atoms with Crippen LogP contribution in [0.15, 0.2) is 64.2 Å². The number of nitrogens with zero attached hydrogens (tertiary/aromatic N) is 1. The lowest BCUT2D eigenvalue weighted by atomic mass is 10.1. The van der Waals surface area contributed by atoms with Gasteiger partial charge in [-0.15, -0.1) is 0 Å². The first-order valence-corrected chi connectivity index (χ1v) is 9.81. The summed E-state index contributed by atoms with van der Waals surface area (Å²) in [5.74, 6) is 0.988. The maximum atomic E-state index is 12.4. The van der Waals surface area contributed by atoms with E-state index in [4.69, 9.17) is 9.47 Å². The molecule has 0 heterocycles. The number of carbonyl (C=O) groups is 1. The summed E-state index contributed by atoms with van der Waals surface area (Å²) in [4.78, 5) is 12.4. The van der Waals surface area contributed by atoms with Crippen molar-refractivity contribution in [3.05, 3.63) is 64.6 Å². The number of nitrogens with one attached hydrogen (secondary N) is 2. The van der Waals surface area contributed by atoms with Crippen LogP contribution in [-0.2, 0) is 4.79 Å². The van der Waals surface area contributed by atoms with Crippen LogP contribution in [-0.4, -0.2) is 32.4 Å². The number of halogens is 1. The Morgan fingerprint density at radius 3 is 2.55 bits per heavy atom. The molecule has 0 aliphatic rings. The highest BCUT2D eigenvalue weighted by molar-refractivity contribution is 9.10. The molecule has 2 N–H and O–H groups in total. The molecule has 7 heteroatoms. The highest BCUT2D eigenvalue weighted by Gasteiger charge is 2.13. The molecule has 1 unspecified atom stereocenters. The van der Waals surface area contributed by atoms with E-state index in [-0.39, 0.29) is 5.91 Å². The van der Waals surface area contributed by atoms with Crippen LogP contribution in [0, 0.1) is 0 Å². The third-order valence-electron chi connectivity index (χ3n) is 4.44. The van der Waals surface area contributed by atoms with Crippen molar-refractivity contribution in [2.75, 3.05) is 19.5 Å². The first-order valence-electron chi connectivity index (χ1n) is 9.02. The zero-order valence-electron chi connectivity index (χ0n) is 16.4. The minimum Gasteiger partial charge on any atom is -0.496 e. The van der Waals surface area contributed by atoms with Crippen LogP contribution in [0.5, 0.6) is 11.5 Å². The number of hydrogen-bond donors (Lipinski definition) is 2. The Morgan fingerprint density at radius 1 is 1.07 bits per heavy atom. The van der Waals surface area contributed by atoms with E-state index in [0.717, 1.165) is 20.9 Å². The van der Waals surface area contributed by atoms with Crippen molar-refractivity contribution >= 4 is 44.5 Å². The number of carbonyl (C=O) groups excluding carboxylic acids is 1. The van der Waals surface area contributed by atoms with Gasteiger partial charge in [0.2, 0.25) is 0 Å². The SMILES string of the molecule is COc1cc(OC)c(C=NNC(=O)C(C)Nc2cccc3ccccc23)cc1Br. The van der Waals surface area contributed by atoms with Crippen LogP contribution in [0.2, 0.25) is 0 Å². The van der Waals surface area contributed by atoms with Gasteiger partial charge in [0.25, 0.3) is 5.91 Å². The van der Waals surface area contributed by atoms with Gasteiger partial charge in [-0.1, -0.05) is 36.4 Å². The summed E-state index contributed by atoms with van der Waals surface area (Å²) >= 11 is 3.43. The van der Waals surface area contributed by atoms with Crippen LogP contribution in [0.3, 0.4) is 0 Å². The molecule has 29 heavy (non-hydrogen) atoms. The van der Waals surface area contributed by atoms with E-state index in [2.05, 4.69) is 31.8 Å². The van der Waals surface area contributed by atoms with Crippen molar-refractivity contribution in [2.24, 2.45) is 5.10 Å². The summed E-state index contributed by atoms with van der Waals surface area (Å²) in [5, 5.41) is 9.48. The van der Waals surface area contributed by atoms with Gasteiger partial charge in [-0.2, -0.15) is 5.10 Å². The number of amides is 1. The number of benzene rings is 3. The van der Waals surface area contributed by atoms with E-state index >= 15 is 0 Å². The fraction of sp³-hybridized carbons (Fsp3) is 0.182. The lowest BCUT2D eigenvalue weighted by Gasteiger charge is -2.15.